The number of aryl methyl sites for hydroxylation is 1. The first-order valence-corrected chi connectivity index (χ1v) is 9.69. The molecule has 31 heavy (non-hydrogen) atoms. The summed E-state index contributed by atoms with van der Waals surface area (Å²) in [4.78, 5) is 29.7. The van der Waals surface area contributed by atoms with Gasteiger partial charge in [0.2, 0.25) is 5.95 Å². The Morgan fingerprint density at radius 2 is 1.81 bits per heavy atom. The number of nitrogens with one attached hydrogen (secondary N) is 1. The average Bonchev–Trinajstić information content (AvgIpc) is 3.12. The molecule has 4 rings (SSSR count). The van der Waals surface area contributed by atoms with Crippen LogP contribution in [0, 0.1) is 5.82 Å². The number of hydrazone groups is 1. The fourth-order valence-electron chi connectivity index (χ4n) is 3.20. The normalized spacial score (nSPS) is 11.5. The Labute approximate surface area is 180 Å². The Bertz CT molecular complexity index is 1420. The first-order valence-electron chi connectivity index (χ1n) is 9.31. The minimum atomic E-state index is -0.485. The summed E-state index contributed by atoms with van der Waals surface area (Å²) in [6.45, 7) is 0.234. The van der Waals surface area contributed by atoms with E-state index < -0.39 is 11.2 Å². The molecule has 0 aliphatic heterocycles. The molecule has 2 aromatic heterocycles. The highest BCUT2D eigenvalue weighted by Gasteiger charge is 2.19. The largest absolute Gasteiger partial charge is 0.332 e. The molecule has 8 nitrogen and oxygen atoms in total. The van der Waals surface area contributed by atoms with Crippen LogP contribution in [-0.4, -0.2) is 24.9 Å². The molecule has 2 aromatic carbocycles. The fourth-order valence-corrected chi connectivity index (χ4v) is 3.39. The molecule has 158 valence electrons. The van der Waals surface area contributed by atoms with Crippen molar-refractivity contribution in [3.63, 3.8) is 0 Å². The maximum Gasteiger partial charge on any atom is 0.332 e. The number of anilines is 1. The number of imidazole rings is 1. The first kappa shape index (κ1) is 20.5. The summed E-state index contributed by atoms with van der Waals surface area (Å²) < 4.78 is 17.0. The van der Waals surface area contributed by atoms with Gasteiger partial charge < -0.3 is 0 Å². The van der Waals surface area contributed by atoms with E-state index in [1.165, 1.54) is 30.0 Å². The Hall–Kier alpha value is -3.72. The van der Waals surface area contributed by atoms with E-state index in [1.807, 2.05) is 18.2 Å². The summed E-state index contributed by atoms with van der Waals surface area (Å²) in [6, 6.07) is 13.1. The lowest BCUT2D eigenvalue weighted by Crippen LogP contribution is -2.37. The molecule has 0 bridgehead atoms. The lowest BCUT2D eigenvalue weighted by Gasteiger charge is -2.10. The Morgan fingerprint density at radius 3 is 2.52 bits per heavy atom. The van der Waals surface area contributed by atoms with Crippen molar-refractivity contribution in [3.8, 4) is 0 Å². The van der Waals surface area contributed by atoms with Crippen LogP contribution in [-0.2, 0) is 20.6 Å². The molecule has 0 radical (unpaired) electrons. The molecule has 1 N–H and O–H groups in total. The van der Waals surface area contributed by atoms with E-state index in [2.05, 4.69) is 15.5 Å². The second-order valence-electron chi connectivity index (χ2n) is 6.91. The lowest BCUT2D eigenvalue weighted by molar-refractivity contribution is 0.628. The van der Waals surface area contributed by atoms with Crippen LogP contribution in [0.4, 0.5) is 10.3 Å². The number of hydrogen-bond donors (Lipinski definition) is 1. The monoisotopic (exact) mass is 440 g/mol. The standard InChI is InChI=1S/C21H18ClFN6O2/c1-27-18-17(19(30)28(2)21(27)31)29(12-14-5-3-4-6-16(14)22)20(25-18)26-24-11-13-7-9-15(23)10-8-13/h3-11H,12H2,1-2H3,(H,25,26)/b24-11-. The number of halogens is 2. The van der Waals surface area contributed by atoms with Gasteiger partial charge >= 0.3 is 5.69 Å². The van der Waals surface area contributed by atoms with Crippen molar-refractivity contribution in [2.24, 2.45) is 19.2 Å². The SMILES string of the molecule is Cn1c(=O)c2c(nc(N/N=C\c3ccc(F)cc3)n2Cc2ccccc2Cl)n(C)c1=O. The molecule has 2 heterocycles. The van der Waals surface area contributed by atoms with Crippen molar-refractivity contribution < 1.29 is 4.39 Å². The van der Waals surface area contributed by atoms with Crippen molar-refractivity contribution in [1.29, 1.82) is 0 Å². The topological polar surface area (TPSA) is 86.2 Å². The van der Waals surface area contributed by atoms with E-state index in [1.54, 1.807) is 29.8 Å². The van der Waals surface area contributed by atoms with Gasteiger partial charge in [-0.3, -0.25) is 18.5 Å². The van der Waals surface area contributed by atoms with E-state index in [-0.39, 0.29) is 29.5 Å². The molecule has 0 saturated heterocycles. The van der Waals surface area contributed by atoms with Gasteiger partial charge in [0.05, 0.1) is 12.8 Å². The molecule has 0 spiro atoms. The van der Waals surface area contributed by atoms with Gasteiger partial charge in [0, 0.05) is 19.1 Å². The number of rotatable bonds is 5. The van der Waals surface area contributed by atoms with Crippen LogP contribution < -0.4 is 16.7 Å². The summed E-state index contributed by atoms with van der Waals surface area (Å²) in [5.74, 6) is -0.0880. The Balaban J connectivity index is 1.83. The third-order valence-electron chi connectivity index (χ3n) is 4.88. The quantitative estimate of drug-likeness (QED) is 0.382. The minimum absolute atomic E-state index is 0.222. The van der Waals surface area contributed by atoms with Gasteiger partial charge in [0.15, 0.2) is 11.2 Å². The third kappa shape index (κ3) is 3.87. The number of hydrogen-bond acceptors (Lipinski definition) is 5. The van der Waals surface area contributed by atoms with E-state index in [4.69, 9.17) is 11.6 Å². The highest BCUT2D eigenvalue weighted by atomic mass is 35.5. The first-order chi connectivity index (χ1) is 14.9. The maximum atomic E-state index is 13.1. The second-order valence-corrected chi connectivity index (χ2v) is 7.32. The number of aromatic nitrogens is 4. The zero-order chi connectivity index (χ0) is 22.1. The van der Waals surface area contributed by atoms with Crippen molar-refractivity contribution >= 4 is 34.9 Å². The van der Waals surface area contributed by atoms with Gasteiger partial charge in [0.25, 0.3) is 5.56 Å². The molecular weight excluding hydrogens is 423 g/mol. The van der Waals surface area contributed by atoms with Gasteiger partial charge in [-0.1, -0.05) is 41.9 Å². The van der Waals surface area contributed by atoms with E-state index in [9.17, 15) is 14.0 Å². The Morgan fingerprint density at radius 1 is 1.10 bits per heavy atom. The zero-order valence-electron chi connectivity index (χ0n) is 16.7. The van der Waals surface area contributed by atoms with Crippen molar-refractivity contribution in [3.05, 3.63) is 91.3 Å². The van der Waals surface area contributed by atoms with Crippen LogP contribution in [0.5, 0.6) is 0 Å². The van der Waals surface area contributed by atoms with Crippen LogP contribution >= 0.6 is 11.6 Å². The number of benzene rings is 2. The van der Waals surface area contributed by atoms with E-state index in [0.29, 0.717) is 10.6 Å². The van der Waals surface area contributed by atoms with Gasteiger partial charge in [-0.15, -0.1) is 0 Å². The van der Waals surface area contributed by atoms with Crippen LogP contribution in [0.1, 0.15) is 11.1 Å². The van der Waals surface area contributed by atoms with Crippen molar-refractivity contribution in [2.75, 3.05) is 5.43 Å². The smallest absolute Gasteiger partial charge is 0.298 e. The van der Waals surface area contributed by atoms with Crippen LogP contribution in [0.3, 0.4) is 0 Å². The highest BCUT2D eigenvalue weighted by Crippen LogP contribution is 2.22. The number of nitrogens with zero attached hydrogens (tertiary/aromatic N) is 5. The second kappa shape index (κ2) is 8.19. The Kier molecular flexibility index (Phi) is 5.43. The molecule has 0 unspecified atom stereocenters. The lowest BCUT2D eigenvalue weighted by atomic mass is 10.2. The molecule has 0 saturated carbocycles. The summed E-state index contributed by atoms with van der Waals surface area (Å²) in [5.41, 5.74) is 3.76. The van der Waals surface area contributed by atoms with E-state index in [0.717, 1.165) is 10.1 Å². The van der Waals surface area contributed by atoms with Crippen LogP contribution in [0.25, 0.3) is 11.2 Å². The average molecular weight is 441 g/mol. The highest BCUT2D eigenvalue weighted by molar-refractivity contribution is 6.31. The fraction of sp³-hybridized carbons (Fsp3) is 0.143. The van der Waals surface area contributed by atoms with Gasteiger partial charge in [-0.05, 0) is 29.3 Å². The van der Waals surface area contributed by atoms with Crippen LogP contribution in [0.15, 0.2) is 63.2 Å². The molecule has 0 amide bonds. The number of fused-ring (bicyclic) bond motifs is 1. The molecule has 0 aliphatic rings. The summed E-state index contributed by atoms with van der Waals surface area (Å²) in [5, 5.41) is 4.69. The van der Waals surface area contributed by atoms with Gasteiger partial charge in [-0.2, -0.15) is 10.1 Å². The molecule has 4 aromatic rings. The predicted octanol–water partition coefficient (Wildman–Crippen LogP) is 2.72. The predicted molar refractivity (Wildman–Crippen MR) is 118 cm³/mol. The summed E-state index contributed by atoms with van der Waals surface area (Å²) in [6.07, 6.45) is 1.50. The molecular formula is C21H18ClFN6O2. The van der Waals surface area contributed by atoms with Gasteiger partial charge in [-0.25, -0.2) is 14.6 Å². The minimum Gasteiger partial charge on any atom is -0.298 e. The molecule has 0 aliphatic carbocycles. The van der Waals surface area contributed by atoms with E-state index >= 15 is 0 Å². The third-order valence-corrected chi connectivity index (χ3v) is 5.25. The molecule has 0 atom stereocenters. The van der Waals surface area contributed by atoms with Crippen molar-refractivity contribution in [2.45, 2.75) is 6.54 Å². The van der Waals surface area contributed by atoms with Gasteiger partial charge in [0.1, 0.15) is 5.82 Å². The zero-order valence-corrected chi connectivity index (χ0v) is 17.5. The summed E-state index contributed by atoms with van der Waals surface area (Å²) >= 11 is 6.32. The van der Waals surface area contributed by atoms with Crippen molar-refractivity contribution in [1.82, 2.24) is 18.7 Å². The maximum absolute atomic E-state index is 13.1. The van der Waals surface area contributed by atoms with Crippen LogP contribution in [0.2, 0.25) is 5.02 Å². The molecule has 10 heteroatoms. The molecule has 0 fully saturated rings. The summed E-state index contributed by atoms with van der Waals surface area (Å²) in [7, 11) is 2.96.